The molecule has 11 heteroatoms. The maximum atomic E-state index is 13.2. The number of benzene rings is 2. The third-order valence-corrected chi connectivity index (χ3v) is 5.15. The zero-order valence-corrected chi connectivity index (χ0v) is 18.6. The van der Waals surface area contributed by atoms with Crippen LogP contribution in [0.2, 0.25) is 0 Å². The van der Waals surface area contributed by atoms with Gasteiger partial charge in [-0.2, -0.15) is 13.2 Å². The van der Waals surface area contributed by atoms with E-state index in [4.69, 9.17) is 9.47 Å². The van der Waals surface area contributed by atoms with Gasteiger partial charge in [-0.15, -0.1) is 0 Å². The van der Waals surface area contributed by atoms with Gasteiger partial charge in [0.15, 0.2) is 6.10 Å². The van der Waals surface area contributed by atoms with Gasteiger partial charge in [0.25, 0.3) is 5.91 Å². The molecule has 182 valence electrons. The van der Waals surface area contributed by atoms with Gasteiger partial charge in [-0.25, -0.2) is 0 Å². The van der Waals surface area contributed by atoms with Crippen molar-refractivity contribution in [1.29, 1.82) is 0 Å². The normalized spacial score (nSPS) is 15.2. The lowest BCUT2D eigenvalue weighted by molar-refractivity contribution is -0.142. The van der Waals surface area contributed by atoms with Crippen molar-refractivity contribution in [2.75, 3.05) is 43.6 Å². The summed E-state index contributed by atoms with van der Waals surface area (Å²) in [5.41, 5.74) is -0.892. The summed E-state index contributed by atoms with van der Waals surface area (Å²) in [4.78, 5) is 40.5. The van der Waals surface area contributed by atoms with Gasteiger partial charge in [-0.05, 0) is 24.3 Å². The Kier molecular flexibility index (Phi) is 7.77. The van der Waals surface area contributed by atoms with E-state index >= 15 is 0 Å². The van der Waals surface area contributed by atoms with E-state index < -0.39 is 41.9 Å². The Balaban J connectivity index is 1.78. The average molecular weight is 479 g/mol. The number of carbonyl (C=O) groups is 3. The monoisotopic (exact) mass is 479 g/mol. The van der Waals surface area contributed by atoms with E-state index in [1.165, 1.54) is 31.1 Å². The maximum absolute atomic E-state index is 13.2. The number of alkyl halides is 3. The van der Waals surface area contributed by atoms with Crippen LogP contribution in [0.15, 0.2) is 48.5 Å². The zero-order valence-electron chi connectivity index (χ0n) is 18.6. The SMILES string of the molecule is COCCN(CC(=O)Nc1ccccc1C(F)(F)F)C(=O)[C@H]1CN(C(C)=O)c2ccccc2O1. The summed E-state index contributed by atoms with van der Waals surface area (Å²) >= 11 is 0. The first kappa shape index (κ1) is 25.0. The van der Waals surface area contributed by atoms with Crippen molar-refractivity contribution in [2.45, 2.75) is 19.2 Å². The first-order chi connectivity index (χ1) is 16.1. The van der Waals surface area contributed by atoms with Crippen LogP contribution in [0.5, 0.6) is 5.75 Å². The quantitative estimate of drug-likeness (QED) is 0.660. The third-order valence-electron chi connectivity index (χ3n) is 5.15. The predicted octanol–water partition coefficient (Wildman–Crippen LogP) is 2.93. The van der Waals surface area contributed by atoms with Gasteiger partial charge >= 0.3 is 6.18 Å². The Morgan fingerprint density at radius 3 is 2.50 bits per heavy atom. The largest absolute Gasteiger partial charge is 0.476 e. The van der Waals surface area contributed by atoms with Crippen molar-refractivity contribution in [2.24, 2.45) is 0 Å². The first-order valence-corrected chi connectivity index (χ1v) is 10.4. The smallest absolute Gasteiger partial charge is 0.418 e. The third kappa shape index (κ3) is 5.84. The van der Waals surface area contributed by atoms with E-state index in [-0.39, 0.29) is 25.6 Å². The summed E-state index contributed by atoms with van der Waals surface area (Å²) < 4.78 is 50.5. The molecular formula is C23H24F3N3O5. The summed E-state index contributed by atoms with van der Waals surface area (Å²) in [5, 5.41) is 2.23. The lowest BCUT2D eigenvalue weighted by Crippen LogP contribution is -2.53. The maximum Gasteiger partial charge on any atom is 0.418 e. The minimum Gasteiger partial charge on any atom is -0.476 e. The number of nitrogens with zero attached hydrogens (tertiary/aromatic N) is 2. The number of anilines is 2. The van der Waals surface area contributed by atoms with Crippen LogP contribution < -0.4 is 15.0 Å². The van der Waals surface area contributed by atoms with Gasteiger partial charge in [0.05, 0.1) is 30.1 Å². The fourth-order valence-corrected chi connectivity index (χ4v) is 3.54. The van der Waals surface area contributed by atoms with E-state index in [1.807, 2.05) is 0 Å². The molecule has 34 heavy (non-hydrogen) atoms. The lowest BCUT2D eigenvalue weighted by Gasteiger charge is -2.35. The molecule has 2 aromatic carbocycles. The number of hydrogen-bond acceptors (Lipinski definition) is 5. The average Bonchev–Trinajstić information content (AvgIpc) is 2.80. The Hall–Kier alpha value is -3.60. The van der Waals surface area contributed by atoms with E-state index in [1.54, 1.807) is 24.3 Å². The number of hydrogen-bond donors (Lipinski definition) is 1. The van der Waals surface area contributed by atoms with Crippen molar-refractivity contribution in [3.8, 4) is 5.75 Å². The van der Waals surface area contributed by atoms with Crippen LogP contribution in [0.3, 0.4) is 0 Å². The Bertz CT molecular complexity index is 1060. The van der Waals surface area contributed by atoms with Gasteiger partial charge in [-0.1, -0.05) is 24.3 Å². The number of carbonyl (C=O) groups excluding carboxylic acids is 3. The van der Waals surface area contributed by atoms with E-state index in [0.717, 1.165) is 17.0 Å². The number of amides is 3. The number of nitrogens with one attached hydrogen (secondary N) is 1. The molecule has 0 aromatic heterocycles. The van der Waals surface area contributed by atoms with Gasteiger partial charge in [0, 0.05) is 20.6 Å². The molecule has 1 N–H and O–H groups in total. The fraction of sp³-hybridized carbons (Fsp3) is 0.348. The molecule has 1 aliphatic rings. The van der Waals surface area contributed by atoms with Crippen LogP contribution in [0.25, 0.3) is 0 Å². The molecule has 1 heterocycles. The molecule has 0 unspecified atom stereocenters. The summed E-state index contributed by atoms with van der Waals surface area (Å²) in [6, 6.07) is 11.3. The number of rotatable bonds is 7. The molecule has 1 atom stereocenters. The number of ether oxygens (including phenoxy) is 2. The predicted molar refractivity (Wildman–Crippen MR) is 117 cm³/mol. The second-order valence-electron chi connectivity index (χ2n) is 7.55. The summed E-state index contributed by atoms with van der Waals surface area (Å²) in [7, 11) is 1.41. The van der Waals surface area contributed by atoms with Crippen molar-refractivity contribution in [3.05, 3.63) is 54.1 Å². The molecule has 3 amide bonds. The van der Waals surface area contributed by atoms with Gasteiger partial charge in [0.1, 0.15) is 12.3 Å². The summed E-state index contributed by atoms with van der Waals surface area (Å²) in [5.74, 6) is -1.38. The number of fused-ring (bicyclic) bond motifs is 1. The molecule has 3 rings (SSSR count). The highest BCUT2D eigenvalue weighted by atomic mass is 19.4. The molecule has 0 aliphatic carbocycles. The first-order valence-electron chi connectivity index (χ1n) is 10.4. The molecule has 2 aromatic rings. The fourth-order valence-electron chi connectivity index (χ4n) is 3.54. The molecule has 0 saturated heterocycles. The van der Waals surface area contributed by atoms with Gasteiger partial charge in [0.2, 0.25) is 11.8 Å². The minimum atomic E-state index is -4.66. The number of para-hydroxylation sites is 3. The Morgan fingerprint density at radius 1 is 1.15 bits per heavy atom. The van der Waals surface area contributed by atoms with Gasteiger partial charge < -0.3 is 24.6 Å². The minimum absolute atomic E-state index is 0.00868. The van der Waals surface area contributed by atoms with E-state index in [9.17, 15) is 27.6 Å². The lowest BCUT2D eigenvalue weighted by atomic mass is 10.1. The molecule has 0 saturated carbocycles. The molecule has 0 spiro atoms. The Labute approximate surface area is 194 Å². The van der Waals surface area contributed by atoms with Gasteiger partial charge in [-0.3, -0.25) is 14.4 Å². The van der Waals surface area contributed by atoms with Crippen molar-refractivity contribution >= 4 is 29.1 Å². The molecular weight excluding hydrogens is 455 g/mol. The van der Waals surface area contributed by atoms with Crippen LogP contribution in [0, 0.1) is 0 Å². The van der Waals surface area contributed by atoms with Crippen LogP contribution in [-0.2, 0) is 25.3 Å². The standard InChI is InChI=1S/C23H24F3N3O5/c1-15(30)29-13-20(34-19-10-6-5-9-18(19)29)22(32)28(11-12-33-2)14-21(31)27-17-8-4-3-7-16(17)23(24,25)26/h3-10,20H,11-14H2,1-2H3,(H,27,31)/t20-/m1/s1. The second-order valence-corrected chi connectivity index (χ2v) is 7.55. The van der Waals surface area contributed by atoms with Crippen LogP contribution in [0.4, 0.5) is 24.5 Å². The van der Waals surface area contributed by atoms with Crippen LogP contribution >= 0.6 is 0 Å². The molecule has 0 bridgehead atoms. The summed E-state index contributed by atoms with van der Waals surface area (Å²) in [6.07, 6.45) is -5.76. The van der Waals surface area contributed by atoms with E-state index in [2.05, 4.69) is 5.32 Å². The summed E-state index contributed by atoms with van der Waals surface area (Å²) in [6.45, 7) is 0.824. The number of halogens is 3. The topological polar surface area (TPSA) is 88.2 Å². The van der Waals surface area contributed by atoms with Crippen LogP contribution in [0.1, 0.15) is 12.5 Å². The molecule has 0 radical (unpaired) electrons. The van der Waals surface area contributed by atoms with E-state index in [0.29, 0.717) is 11.4 Å². The van der Waals surface area contributed by atoms with Crippen molar-refractivity contribution in [1.82, 2.24) is 4.90 Å². The highest BCUT2D eigenvalue weighted by molar-refractivity contribution is 5.98. The Morgan fingerprint density at radius 2 is 1.82 bits per heavy atom. The molecule has 0 fully saturated rings. The zero-order chi connectivity index (χ0) is 24.9. The van der Waals surface area contributed by atoms with Crippen LogP contribution in [-0.4, -0.2) is 62.1 Å². The highest BCUT2D eigenvalue weighted by Gasteiger charge is 2.36. The second kappa shape index (κ2) is 10.6. The highest BCUT2D eigenvalue weighted by Crippen LogP contribution is 2.35. The van der Waals surface area contributed by atoms with Crippen molar-refractivity contribution in [3.63, 3.8) is 0 Å². The number of methoxy groups -OCH3 is 1. The molecule has 8 nitrogen and oxygen atoms in total. The van der Waals surface area contributed by atoms with Crippen molar-refractivity contribution < 1.29 is 37.0 Å². The molecule has 1 aliphatic heterocycles.